The molecule has 7 heteroatoms. The molecule has 0 saturated carbocycles. The molecule has 0 bridgehead atoms. The molecule has 2 aliphatic rings. The second kappa shape index (κ2) is 6.34. The van der Waals surface area contributed by atoms with E-state index in [9.17, 15) is 9.59 Å². The van der Waals surface area contributed by atoms with E-state index in [2.05, 4.69) is 6.92 Å². The van der Waals surface area contributed by atoms with Crippen molar-refractivity contribution >= 4 is 52.3 Å². The molecule has 1 atom stereocenters. The Morgan fingerprint density at radius 2 is 1.70 bits per heavy atom. The van der Waals surface area contributed by atoms with Crippen LogP contribution >= 0.6 is 34.8 Å². The van der Waals surface area contributed by atoms with E-state index in [1.807, 2.05) is 4.90 Å². The molecule has 0 radical (unpaired) electrons. The third-order valence-electron chi connectivity index (χ3n) is 4.08. The first-order chi connectivity index (χ1) is 10.9. The summed E-state index contributed by atoms with van der Waals surface area (Å²) in [6, 6.07) is 4.59. The van der Waals surface area contributed by atoms with Crippen molar-refractivity contribution in [3.8, 4) is 0 Å². The number of rotatable bonds is 2. The topological polar surface area (TPSA) is 40.6 Å². The van der Waals surface area contributed by atoms with Gasteiger partial charge in [-0.25, -0.2) is 4.90 Å². The van der Waals surface area contributed by atoms with Crippen LogP contribution in [0.2, 0.25) is 10.0 Å². The van der Waals surface area contributed by atoms with Gasteiger partial charge in [-0.1, -0.05) is 41.7 Å². The van der Waals surface area contributed by atoms with E-state index < -0.39 is 11.8 Å². The summed E-state index contributed by atoms with van der Waals surface area (Å²) in [4.78, 5) is 28.2. The Morgan fingerprint density at radius 3 is 2.30 bits per heavy atom. The number of carbonyl (C=O) groups is 2. The van der Waals surface area contributed by atoms with E-state index in [4.69, 9.17) is 34.8 Å². The van der Waals surface area contributed by atoms with Crippen molar-refractivity contribution < 1.29 is 9.59 Å². The van der Waals surface area contributed by atoms with E-state index in [0.29, 0.717) is 28.2 Å². The molecule has 0 aromatic heterocycles. The molecule has 1 aromatic rings. The summed E-state index contributed by atoms with van der Waals surface area (Å²) < 4.78 is 0. The summed E-state index contributed by atoms with van der Waals surface area (Å²) in [6.07, 6.45) is 2.08. The van der Waals surface area contributed by atoms with Crippen LogP contribution in [0.5, 0.6) is 0 Å². The maximum absolute atomic E-state index is 12.8. The first kappa shape index (κ1) is 16.6. The van der Waals surface area contributed by atoms with Gasteiger partial charge in [0.15, 0.2) is 0 Å². The van der Waals surface area contributed by atoms with Crippen molar-refractivity contribution in [3.63, 3.8) is 0 Å². The van der Waals surface area contributed by atoms with Gasteiger partial charge in [-0.2, -0.15) is 0 Å². The summed E-state index contributed by atoms with van der Waals surface area (Å²) in [5.74, 6) is -0.506. The molecule has 2 amide bonds. The third kappa shape index (κ3) is 3.08. The molecule has 1 fully saturated rings. The van der Waals surface area contributed by atoms with Gasteiger partial charge in [0.1, 0.15) is 10.7 Å². The van der Waals surface area contributed by atoms with Gasteiger partial charge in [-0.15, -0.1) is 0 Å². The van der Waals surface area contributed by atoms with Crippen LogP contribution in [0.15, 0.2) is 28.9 Å². The number of likely N-dealkylation sites (tertiary alicyclic amines) is 1. The molecule has 0 N–H and O–H groups in total. The number of hydrogen-bond acceptors (Lipinski definition) is 3. The molecule has 1 aromatic carbocycles. The Kier molecular flexibility index (Phi) is 4.59. The van der Waals surface area contributed by atoms with E-state index in [0.717, 1.165) is 24.3 Å². The predicted octanol–water partition coefficient (Wildman–Crippen LogP) is 4.05. The monoisotopic (exact) mass is 372 g/mol. The van der Waals surface area contributed by atoms with E-state index in [1.165, 1.54) is 12.1 Å². The highest BCUT2D eigenvalue weighted by Crippen LogP contribution is 2.35. The Labute approximate surface area is 149 Å². The zero-order valence-electron chi connectivity index (χ0n) is 12.5. The number of benzene rings is 1. The second-order valence-corrected chi connectivity index (χ2v) is 7.18. The Bertz CT molecular complexity index is 697. The molecule has 1 saturated heterocycles. The lowest BCUT2D eigenvalue weighted by Gasteiger charge is -2.33. The van der Waals surface area contributed by atoms with Gasteiger partial charge >= 0.3 is 0 Å². The normalized spacial score (nSPS) is 22.3. The Morgan fingerprint density at radius 1 is 1.04 bits per heavy atom. The predicted molar refractivity (Wildman–Crippen MR) is 91.8 cm³/mol. The van der Waals surface area contributed by atoms with E-state index in [-0.39, 0.29) is 10.7 Å². The van der Waals surface area contributed by atoms with Crippen LogP contribution in [0.4, 0.5) is 5.69 Å². The average molecular weight is 374 g/mol. The summed E-state index contributed by atoms with van der Waals surface area (Å²) in [5, 5.41) is 0.661. The number of amides is 2. The maximum Gasteiger partial charge on any atom is 0.283 e. The lowest BCUT2D eigenvalue weighted by Crippen LogP contribution is -2.39. The fourth-order valence-corrected chi connectivity index (χ4v) is 3.86. The van der Waals surface area contributed by atoms with Crippen LogP contribution in [0, 0.1) is 5.92 Å². The number of nitrogens with zero attached hydrogens (tertiary/aromatic N) is 2. The van der Waals surface area contributed by atoms with Crippen LogP contribution in [0.25, 0.3) is 0 Å². The first-order valence-corrected chi connectivity index (χ1v) is 8.51. The molecule has 2 heterocycles. The van der Waals surface area contributed by atoms with Crippen molar-refractivity contribution in [2.45, 2.75) is 19.8 Å². The standard InChI is InChI=1S/C16H15Cl3N2O2/c1-9-3-2-4-20(8-9)14-13(19)15(22)21(16(14)23)12-6-10(17)5-11(18)7-12/h5-7,9H,2-4,8H2,1H3/t9-/m0/s1. The highest BCUT2D eigenvalue weighted by molar-refractivity contribution is 6.52. The van der Waals surface area contributed by atoms with Crippen molar-refractivity contribution in [2.24, 2.45) is 5.92 Å². The molecular formula is C16H15Cl3N2O2. The van der Waals surface area contributed by atoms with Crippen molar-refractivity contribution in [3.05, 3.63) is 39.0 Å². The first-order valence-electron chi connectivity index (χ1n) is 7.38. The van der Waals surface area contributed by atoms with Gasteiger partial charge in [0, 0.05) is 23.1 Å². The van der Waals surface area contributed by atoms with Gasteiger partial charge < -0.3 is 4.90 Å². The van der Waals surface area contributed by atoms with Crippen molar-refractivity contribution in [2.75, 3.05) is 18.0 Å². The molecule has 0 spiro atoms. The molecule has 0 unspecified atom stereocenters. The van der Waals surface area contributed by atoms with Crippen LogP contribution in [0.3, 0.4) is 0 Å². The lowest BCUT2D eigenvalue weighted by atomic mass is 10.00. The molecule has 4 nitrogen and oxygen atoms in total. The summed E-state index contributed by atoms with van der Waals surface area (Å²) >= 11 is 18.1. The lowest BCUT2D eigenvalue weighted by molar-refractivity contribution is -0.121. The summed E-state index contributed by atoms with van der Waals surface area (Å²) in [5.41, 5.74) is 0.607. The molecular weight excluding hydrogens is 359 g/mol. The molecule has 122 valence electrons. The number of piperidine rings is 1. The van der Waals surface area contributed by atoms with Crippen molar-refractivity contribution in [1.29, 1.82) is 0 Å². The third-order valence-corrected chi connectivity index (χ3v) is 4.86. The summed E-state index contributed by atoms with van der Waals surface area (Å²) in [7, 11) is 0. The minimum atomic E-state index is -0.539. The second-order valence-electron chi connectivity index (χ2n) is 5.93. The van der Waals surface area contributed by atoms with Gasteiger partial charge in [0.25, 0.3) is 11.8 Å². The number of halogens is 3. The number of anilines is 1. The zero-order chi connectivity index (χ0) is 16.7. The summed E-state index contributed by atoms with van der Waals surface area (Å²) in [6.45, 7) is 3.56. The number of imide groups is 1. The SMILES string of the molecule is C[C@H]1CCCN(C2=C(Cl)C(=O)N(c3cc(Cl)cc(Cl)c3)C2=O)C1. The maximum atomic E-state index is 12.8. The van der Waals surface area contributed by atoms with Gasteiger partial charge in [0.2, 0.25) is 0 Å². The Balaban J connectivity index is 1.95. The van der Waals surface area contributed by atoms with Crippen LogP contribution in [0.1, 0.15) is 19.8 Å². The van der Waals surface area contributed by atoms with Gasteiger partial charge in [-0.3, -0.25) is 9.59 Å². The van der Waals surface area contributed by atoms with Crippen LogP contribution in [-0.2, 0) is 9.59 Å². The van der Waals surface area contributed by atoms with Gasteiger partial charge in [0.05, 0.1) is 5.69 Å². The quantitative estimate of drug-likeness (QED) is 0.734. The van der Waals surface area contributed by atoms with Crippen molar-refractivity contribution in [1.82, 2.24) is 4.90 Å². The zero-order valence-corrected chi connectivity index (χ0v) is 14.8. The fraction of sp³-hybridized carbons (Fsp3) is 0.375. The van der Waals surface area contributed by atoms with Gasteiger partial charge in [-0.05, 0) is 37.0 Å². The van der Waals surface area contributed by atoms with Crippen LogP contribution < -0.4 is 4.90 Å². The highest BCUT2D eigenvalue weighted by atomic mass is 35.5. The largest absolute Gasteiger partial charge is 0.365 e. The molecule has 0 aliphatic carbocycles. The van der Waals surface area contributed by atoms with E-state index >= 15 is 0 Å². The Hall–Kier alpha value is -1.23. The minimum Gasteiger partial charge on any atom is -0.365 e. The highest BCUT2D eigenvalue weighted by Gasteiger charge is 2.42. The van der Waals surface area contributed by atoms with Crippen LogP contribution in [-0.4, -0.2) is 29.8 Å². The molecule has 23 heavy (non-hydrogen) atoms. The smallest absolute Gasteiger partial charge is 0.283 e. The molecule has 3 rings (SSSR count). The minimum absolute atomic E-state index is 0.0415. The number of carbonyl (C=O) groups excluding carboxylic acids is 2. The fourth-order valence-electron chi connectivity index (χ4n) is 3.06. The van der Waals surface area contributed by atoms with E-state index in [1.54, 1.807) is 6.07 Å². The molecule has 2 aliphatic heterocycles. The average Bonchev–Trinajstić information content (AvgIpc) is 2.68. The number of hydrogen-bond donors (Lipinski definition) is 0.